The highest BCUT2D eigenvalue weighted by Gasteiger charge is 2.32. The van der Waals surface area contributed by atoms with Crippen LogP contribution in [0, 0.1) is 6.92 Å². The van der Waals surface area contributed by atoms with Gasteiger partial charge in [0.1, 0.15) is 16.2 Å². The van der Waals surface area contributed by atoms with Gasteiger partial charge in [0.25, 0.3) is 10.0 Å². The number of nitrogens with zero attached hydrogens (tertiary/aromatic N) is 1. The summed E-state index contributed by atoms with van der Waals surface area (Å²) < 4.78 is 38.5. The number of anilines is 1. The molecule has 0 saturated heterocycles. The molecule has 0 bridgehead atoms. The highest BCUT2D eigenvalue weighted by atomic mass is 32.2. The monoisotopic (exact) mass is 376 g/mol. The van der Waals surface area contributed by atoms with Gasteiger partial charge < -0.3 is 14.5 Å². The molecule has 2 heterocycles. The number of hydrogen-bond acceptors (Lipinski definition) is 7. The summed E-state index contributed by atoms with van der Waals surface area (Å²) in [5.41, 5.74) is 0.350. The lowest BCUT2D eigenvalue weighted by atomic mass is 10.1. The van der Waals surface area contributed by atoms with Gasteiger partial charge in [0.15, 0.2) is 11.6 Å². The molecule has 1 aliphatic rings. The number of hydrogen-bond donors (Lipinski definition) is 1. The maximum Gasteiger partial charge on any atom is 0.344 e. The van der Waals surface area contributed by atoms with Crippen molar-refractivity contribution in [3.8, 4) is 0 Å². The fourth-order valence-electron chi connectivity index (χ4n) is 2.76. The molecule has 1 N–H and O–H groups in total. The topological polar surface area (TPSA) is 115 Å². The third-order valence-electron chi connectivity index (χ3n) is 3.78. The zero-order valence-corrected chi connectivity index (χ0v) is 15.1. The van der Waals surface area contributed by atoms with E-state index >= 15 is 0 Å². The lowest BCUT2D eigenvalue weighted by molar-refractivity contribution is 0.0524. The predicted octanol–water partition coefficient (Wildman–Crippen LogP) is 2.53. The van der Waals surface area contributed by atoms with Crippen molar-refractivity contribution in [2.75, 3.05) is 11.9 Å². The van der Waals surface area contributed by atoms with Crippen molar-refractivity contribution < 1.29 is 27.2 Å². The van der Waals surface area contributed by atoms with Crippen LogP contribution in [0.1, 0.15) is 45.9 Å². The van der Waals surface area contributed by atoms with Gasteiger partial charge in [-0.1, -0.05) is 12.1 Å². The van der Waals surface area contributed by atoms with Gasteiger partial charge in [-0.3, -0.25) is 4.79 Å². The Labute approximate surface area is 149 Å². The Morgan fingerprint density at radius 1 is 1.23 bits per heavy atom. The van der Waals surface area contributed by atoms with Crippen LogP contribution < -0.4 is 5.32 Å². The number of ether oxygens (including phenoxy) is 1. The number of esters is 1. The Bertz CT molecular complexity index is 1050. The second-order valence-corrected chi connectivity index (χ2v) is 7.12. The van der Waals surface area contributed by atoms with Gasteiger partial charge in [0.05, 0.1) is 12.2 Å². The van der Waals surface area contributed by atoms with Crippen molar-refractivity contribution in [1.29, 1.82) is 0 Å². The normalized spacial score (nSPS) is 14.5. The maximum atomic E-state index is 12.3. The summed E-state index contributed by atoms with van der Waals surface area (Å²) >= 11 is 0. The van der Waals surface area contributed by atoms with Gasteiger partial charge in [0, 0.05) is 5.56 Å². The number of nitrogens with one attached hydrogen (secondary N) is 1. The summed E-state index contributed by atoms with van der Waals surface area (Å²) in [6.07, 6.45) is 0. The van der Waals surface area contributed by atoms with Crippen LogP contribution in [0.15, 0.2) is 38.0 Å². The Morgan fingerprint density at radius 2 is 1.92 bits per heavy atom. The van der Waals surface area contributed by atoms with E-state index < -0.39 is 16.0 Å². The first-order valence-electron chi connectivity index (χ1n) is 7.79. The van der Waals surface area contributed by atoms with E-state index in [1.54, 1.807) is 25.1 Å². The van der Waals surface area contributed by atoms with Crippen molar-refractivity contribution in [3.05, 3.63) is 46.7 Å². The molecule has 1 aromatic heterocycles. The largest absolute Gasteiger partial charge is 0.462 e. The number of furan rings is 1. The molecule has 1 aromatic carbocycles. The standard InChI is InChI=1S/C17H16N2O6S/c1-4-24-17(21)14-13(9(2)20)10(3)25-16(14)18-15-11-7-5-6-8-12(11)26(22,23)19-15/h5-8H,4H2,1-3H3,(H,18,19). The summed E-state index contributed by atoms with van der Waals surface area (Å²) in [6, 6.07) is 6.27. The smallest absolute Gasteiger partial charge is 0.344 e. The van der Waals surface area contributed by atoms with E-state index in [0.29, 0.717) is 5.56 Å². The van der Waals surface area contributed by atoms with Gasteiger partial charge >= 0.3 is 5.97 Å². The zero-order chi connectivity index (χ0) is 19.1. The molecule has 0 saturated carbocycles. The number of fused-ring (bicyclic) bond motifs is 1. The first-order valence-corrected chi connectivity index (χ1v) is 9.23. The number of ketones is 1. The maximum absolute atomic E-state index is 12.3. The lowest BCUT2D eigenvalue weighted by Gasteiger charge is -2.07. The van der Waals surface area contributed by atoms with E-state index in [9.17, 15) is 18.0 Å². The highest BCUT2D eigenvalue weighted by Crippen LogP contribution is 2.32. The van der Waals surface area contributed by atoms with Crippen molar-refractivity contribution in [1.82, 2.24) is 0 Å². The number of carbonyl (C=O) groups is 2. The number of rotatable bonds is 4. The van der Waals surface area contributed by atoms with Gasteiger partial charge in [-0.2, -0.15) is 8.42 Å². The van der Waals surface area contributed by atoms with Gasteiger partial charge in [-0.15, -0.1) is 4.40 Å². The van der Waals surface area contributed by atoms with E-state index in [0.717, 1.165) is 0 Å². The van der Waals surface area contributed by atoms with E-state index in [1.165, 1.54) is 19.9 Å². The van der Waals surface area contributed by atoms with Crippen LogP contribution >= 0.6 is 0 Å². The van der Waals surface area contributed by atoms with Crippen molar-refractivity contribution in [2.24, 2.45) is 4.40 Å². The van der Waals surface area contributed by atoms with Crippen LogP contribution in [0.2, 0.25) is 0 Å². The molecule has 1 aliphatic heterocycles. The Balaban J connectivity index is 2.11. The molecule has 0 aliphatic carbocycles. The Hall–Kier alpha value is -2.94. The average Bonchev–Trinajstić information content (AvgIpc) is 3.02. The summed E-state index contributed by atoms with van der Waals surface area (Å²) in [5, 5.41) is 2.73. The molecule has 136 valence electrons. The van der Waals surface area contributed by atoms with Crippen LogP contribution in [0.3, 0.4) is 0 Å². The molecular formula is C17H16N2O6S. The predicted molar refractivity (Wildman–Crippen MR) is 93.2 cm³/mol. The van der Waals surface area contributed by atoms with Gasteiger partial charge in [-0.05, 0) is 32.9 Å². The van der Waals surface area contributed by atoms with Crippen molar-refractivity contribution in [3.63, 3.8) is 0 Å². The third-order valence-corrected chi connectivity index (χ3v) is 5.11. The number of carbonyl (C=O) groups excluding carboxylic acids is 2. The minimum atomic E-state index is -3.84. The quantitative estimate of drug-likeness (QED) is 0.644. The first kappa shape index (κ1) is 17.9. The van der Waals surface area contributed by atoms with Crippen LogP contribution in [-0.2, 0) is 14.8 Å². The zero-order valence-electron chi connectivity index (χ0n) is 14.3. The molecule has 0 unspecified atom stereocenters. The average molecular weight is 376 g/mol. The van der Waals surface area contributed by atoms with Crippen molar-refractivity contribution >= 4 is 33.5 Å². The number of benzene rings is 1. The fourth-order valence-corrected chi connectivity index (χ4v) is 3.93. The molecule has 2 aromatic rings. The summed E-state index contributed by atoms with van der Waals surface area (Å²) in [6.45, 7) is 4.58. The number of Topliss-reactive ketones (excluding diaryl/α,β-unsaturated/α-hetero) is 1. The van der Waals surface area contributed by atoms with E-state index in [2.05, 4.69) is 9.71 Å². The SMILES string of the molecule is CCOC(=O)c1c(NC2=NS(=O)(=O)c3ccccc32)oc(C)c1C(C)=O. The molecular weight excluding hydrogens is 360 g/mol. The van der Waals surface area contributed by atoms with Gasteiger partial charge in [-0.25, -0.2) is 4.79 Å². The number of amidine groups is 1. The molecule has 0 spiro atoms. The second-order valence-electron chi connectivity index (χ2n) is 5.55. The molecule has 0 fully saturated rings. The first-order chi connectivity index (χ1) is 12.3. The Kier molecular flexibility index (Phi) is 4.41. The minimum absolute atomic E-state index is 0.00926. The molecule has 0 amide bonds. The minimum Gasteiger partial charge on any atom is -0.462 e. The van der Waals surface area contributed by atoms with Crippen LogP contribution in [-0.4, -0.2) is 32.6 Å². The number of sulfonamides is 1. The molecule has 9 heteroatoms. The fraction of sp³-hybridized carbons (Fsp3) is 0.235. The summed E-state index contributed by atoms with van der Waals surface area (Å²) in [7, 11) is -3.84. The van der Waals surface area contributed by atoms with E-state index in [-0.39, 0.29) is 45.9 Å². The second kappa shape index (κ2) is 6.41. The molecule has 0 atom stereocenters. The summed E-state index contributed by atoms with van der Waals surface area (Å²) in [4.78, 5) is 24.3. The van der Waals surface area contributed by atoms with E-state index in [4.69, 9.17) is 9.15 Å². The van der Waals surface area contributed by atoms with Crippen LogP contribution in [0.5, 0.6) is 0 Å². The van der Waals surface area contributed by atoms with Crippen molar-refractivity contribution in [2.45, 2.75) is 25.7 Å². The van der Waals surface area contributed by atoms with Crippen LogP contribution in [0.25, 0.3) is 0 Å². The van der Waals surface area contributed by atoms with E-state index in [1.807, 2.05) is 0 Å². The third kappa shape index (κ3) is 2.90. The van der Waals surface area contributed by atoms with Gasteiger partial charge in [0.2, 0.25) is 5.88 Å². The molecule has 3 rings (SSSR count). The summed E-state index contributed by atoms with van der Waals surface area (Å²) in [5.74, 6) is -0.972. The lowest BCUT2D eigenvalue weighted by Crippen LogP contribution is -2.16. The molecule has 26 heavy (non-hydrogen) atoms. The number of aryl methyl sites for hydroxylation is 1. The Morgan fingerprint density at radius 3 is 2.58 bits per heavy atom. The molecule has 0 radical (unpaired) electrons. The molecule has 8 nitrogen and oxygen atoms in total. The highest BCUT2D eigenvalue weighted by molar-refractivity contribution is 7.90. The van der Waals surface area contributed by atoms with Crippen LogP contribution in [0.4, 0.5) is 5.88 Å².